The molecule has 0 aromatic heterocycles. The third-order valence-corrected chi connectivity index (χ3v) is 6.73. The molecule has 0 amide bonds. The molecule has 189 valence electrons. The number of halogens is 1. The predicted octanol–water partition coefficient (Wildman–Crippen LogP) is 8.90. The molecular formula is C30H45ClNO2. The van der Waals surface area contributed by atoms with Gasteiger partial charge in [-0.25, -0.2) is 0 Å². The smallest absolute Gasteiger partial charge is 0.120 e. The molecule has 1 radical (unpaired) electrons. The summed E-state index contributed by atoms with van der Waals surface area (Å²) in [6.07, 6.45) is 13.7. The third-order valence-electron chi connectivity index (χ3n) is 6.49. The third kappa shape index (κ3) is 9.88. The average molecular weight is 487 g/mol. The van der Waals surface area contributed by atoms with E-state index < -0.39 is 0 Å². The van der Waals surface area contributed by atoms with Crippen molar-refractivity contribution in [2.75, 3.05) is 0 Å². The van der Waals surface area contributed by atoms with Gasteiger partial charge in [-0.05, 0) is 54.2 Å². The maximum Gasteiger partial charge on any atom is 0.120 e. The predicted molar refractivity (Wildman–Crippen MR) is 145 cm³/mol. The van der Waals surface area contributed by atoms with E-state index in [9.17, 15) is 5.11 Å². The highest BCUT2D eigenvalue weighted by molar-refractivity contribution is 6.30. The van der Waals surface area contributed by atoms with Gasteiger partial charge in [0.15, 0.2) is 0 Å². The fourth-order valence-electron chi connectivity index (χ4n) is 4.35. The monoisotopic (exact) mass is 486 g/mol. The van der Waals surface area contributed by atoms with Crippen molar-refractivity contribution in [2.45, 2.75) is 116 Å². The summed E-state index contributed by atoms with van der Waals surface area (Å²) < 4.78 is 6.45. The van der Waals surface area contributed by atoms with Crippen LogP contribution >= 0.6 is 11.6 Å². The molecule has 0 heterocycles. The number of hydrogen-bond acceptors (Lipinski definition) is 3. The summed E-state index contributed by atoms with van der Waals surface area (Å²) in [7, 11) is 0. The van der Waals surface area contributed by atoms with Gasteiger partial charge in [0.05, 0.1) is 6.04 Å². The number of phenols is 1. The van der Waals surface area contributed by atoms with Crippen molar-refractivity contribution >= 4 is 11.6 Å². The molecule has 0 aliphatic carbocycles. The van der Waals surface area contributed by atoms with Crippen LogP contribution in [0.3, 0.4) is 0 Å². The molecule has 0 saturated carbocycles. The summed E-state index contributed by atoms with van der Waals surface area (Å²) >= 11 is 6.03. The second-order valence-electron chi connectivity index (χ2n) is 10.6. The van der Waals surface area contributed by atoms with Crippen molar-refractivity contribution in [2.24, 2.45) is 5.73 Å². The van der Waals surface area contributed by atoms with Crippen LogP contribution in [0.15, 0.2) is 36.4 Å². The highest BCUT2D eigenvalue weighted by atomic mass is 35.5. The van der Waals surface area contributed by atoms with Gasteiger partial charge in [0.25, 0.3) is 0 Å². The topological polar surface area (TPSA) is 55.5 Å². The van der Waals surface area contributed by atoms with Crippen molar-refractivity contribution in [3.05, 3.63) is 58.6 Å². The van der Waals surface area contributed by atoms with E-state index in [-0.39, 0.29) is 17.6 Å². The van der Waals surface area contributed by atoms with E-state index in [4.69, 9.17) is 22.1 Å². The summed E-state index contributed by atoms with van der Waals surface area (Å²) in [4.78, 5) is 0. The SMILES string of the molecule is CCCCCCCCCCCCC(Oc1ccc(O)c(C(C)(C)C)c1)C(N)c1c[c]c(Cl)cc1. The zero-order chi connectivity index (χ0) is 25.0. The Hall–Kier alpha value is -1.71. The summed E-state index contributed by atoms with van der Waals surface area (Å²) in [6.45, 7) is 8.52. The number of phenolic OH excluding ortho intramolecular Hbond substituents is 1. The minimum atomic E-state index is -0.279. The maximum atomic E-state index is 10.3. The molecule has 2 atom stereocenters. The Balaban J connectivity index is 1.97. The normalized spacial score (nSPS) is 13.6. The van der Waals surface area contributed by atoms with Gasteiger partial charge >= 0.3 is 0 Å². The molecule has 2 aromatic carbocycles. The van der Waals surface area contributed by atoms with E-state index in [2.05, 4.69) is 33.8 Å². The van der Waals surface area contributed by atoms with Gasteiger partial charge in [-0.3, -0.25) is 0 Å². The van der Waals surface area contributed by atoms with Crippen molar-refractivity contribution < 1.29 is 9.84 Å². The first kappa shape index (κ1) is 28.5. The van der Waals surface area contributed by atoms with Crippen LogP contribution in [0.4, 0.5) is 0 Å². The van der Waals surface area contributed by atoms with E-state index >= 15 is 0 Å². The molecule has 4 heteroatoms. The first-order valence-electron chi connectivity index (χ1n) is 13.1. The first-order chi connectivity index (χ1) is 16.2. The Morgan fingerprint density at radius 1 is 0.941 bits per heavy atom. The van der Waals surface area contributed by atoms with Gasteiger partial charge in [-0.15, -0.1) is 0 Å². The zero-order valence-corrected chi connectivity index (χ0v) is 22.5. The van der Waals surface area contributed by atoms with Crippen molar-refractivity contribution in [3.8, 4) is 11.5 Å². The number of nitrogens with two attached hydrogens (primary N) is 1. The lowest BCUT2D eigenvalue weighted by Crippen LogP contribution is -2.31. The highest BCUT2D eigenvalue weighted by Crippen LogP contribution is 2.35. The molecule has 0 aliphatic rings. The van der Waals surface area contributed by atoms with Gasteiger partial charge in [-0.1, -0.05) is 103 Å². The fourth-order valence-corrected chi connectivity index (χ4v) is 4.47. The number of hydrogen-bond donors (Lipinski definition) is 2. The second-order valence-corrected chi connectivity index (χ2v) is 11.0. The number of aromatic hydroxyl groups is 1. The van der Waals surface area contributed by atoms with Crippen LogP contribution in [0.2, 0.25) is 5.02 Å². The molecule has 34 heavy (non-hydrogen) atoms. The number of benzene rings is 2. The van der Waals surface area contributed by atoms with Crippen LogP contribution < -0.4 is 10.5 Å². The van der Waals surface area contributed by atoms with Gasteiger partial charge < -0.3 is 15.6 Å². The van der Waals surface area contributed by atoms with Crippen LogP contribution in [-0.2, 0) is 5.41 Å². The fraction of sp³-hybridized carbons (Fsp3) is 0.600. The summed E-state index contributed by atoms with van der Waals surface area (Å²) in [6, 6.07) is 13.9. The molecule has 0 fully saturated rings. The van der Waals surface area contributed by atoms with Crippen LogP contribution in [0.1, 0.15) is 115 Å². The van der Waals surface area contributed by atoms with Crippen molar-refractivity contribution in [1.29, 1.82) is 0 Å². The Kier molecular flexibility index (Phi) is 12.3. The van der Waals surface area contributed by atoms with Gasteiger partial charge in [0.1, 0.15) is 17.6 Å². The highest BCUT2D eigenvalue weighted by Gasteiger charge is 2.24. The lowest BCUT2D eigenvalue weighted by Gasteiger charge is -2.27. The number of unbranched alkanes of at least 4 members (excludes halogenated alkanes) is 9. The molecule has 0 spiro atoms. The van der Waals surface area contributed by atoms with E-state index in [1.807, 2.05) is 30.3 Å². The Morgan fingerprint density at radius 3 is 2.12 bits per heavy atom. The van der Waals surface area contributed by atoms with Gasteiger partial charge in [0, 0.05) is 16.7 Å². The molecule has 0 saturated heterocycles. The zero-order valence-electron chi connectivity index (χ0n) is 21.7. The molecule has 3 N–H and O–H groups in total. The lowest BCUT2D eigenvalue weighted by molar-refractivity contribution is 0.157. The number of rotatable bonds is 15. The maximum absolute atomic E-state index is 10.3. The molecule has 0 bridgehead atoms. The van der Waals surface area contributed by atoms with Crippen molar-refractivity contribution in [3.63, 3.8) is 0 Å². The van der Waals surface area contributed by atoms with Crippen LogP contribution in [0.5, 0.6) is 11.5 Å². The van der Waals surface area contributed by atoms with Crippen LogP contribution in [0.25, 0.3) is 0 Å². The lowest BCUT2D eigenvalue weighted by atomic mass is 9.86. The first-order valence-corrected chi connectivity index (χ1v) is 13.5. The quantitative estimate of drug-likeness (QED) is 0.247. The van der Waals surface area contributed by atoms with E-state index in [0.29, 0.717) is 10.8 Å². The molecule has 2 rings (SSSR count). The second kappa shape index (κ2) is 14.6. The average Bonchev–Trinajstić information content (AvgIpc) is 2.80. The molecular weight excluding hydrogens is 442 g/mol. The van der Waals surface area contributed by atoms with Crippen LogP contribution in [0, 0.1) is 6.07 Å². The standard InChI is InChI=1S/C30H45ClNO2/c1-5-6-7-8-9-10-11-12-13-14-15-28(29(32)23-16-18-24(31)19-17-23)34-25-20-21-27(33)26(22-25)30(2,3)4/h16-18,20-22,28-29,33H,5-15,32H2,1-4H3. The minimum absolute atomic E-state index is 0.166. The van der Waals surface area contributed by atoms with Gasteiger partial charge in [-0.2, -0.15) is 0 Å². The summed E-state index contributed by atoms with van der Waals surface area (Å²) in [5.74, 6) is 1.04. The molecule has 2 aromatic rings. The van der Waals surface area contributed by atoms with Crippen LogP contribution in [-0.4, -0.2) is 11.2 Å². The van der Waals surface area contributed by atoms with E-state index in [0.717, 1.165) is 29.7 Å². The Bertz CT molecular complexity index is 829. The minimum Gasteiger partial charge on any atom is -0.508 e. The molecule has 0 aliphatic heterocycles. The molecule has 3 nitrogen and oxygen atoms in total. The summed E-state index contributed by atoms with van der Waals surface area (Å²) in [5.41, 5.74) is 8.34. The Labute approximate surface area is 213 Å². The molecule has 2 unspecified atom stereocenters. The van der Waals surface area contributed by atoms with E-state index in [1.54, 1.807) is 6.07 Å². The van der Waals surface area contributed by atoms with Gasteiger partial charge in [0.2, 0.25) is 0 Å². The van der Waals surface area contributed by atoms with Crippen molar-refractivity contribution in [1.82, 2.24) is 0 Å². The number of ether oxygens (including phenoxy) is 1. The summed E-state index contributed by atoms with van der Waals surface area (Å²) in [5, 5.41) is 10.9. The van der Waals surface area contributed by atoms with E-state index in [1.165, 1.54) is 57.8 Å². The largest absolute Gasteiger partial charge is 0.508 e. The Morgan fingerprint density at radius 2 is 1.56 bits per heavy atom.